The second-order valence-corrected chi connectivity index (χ2v) is 3.64. The fourth-order valence-electron chi connectivity index (χ4n) is 0.931. The molecular formula is C9H5FINO. The monoisotopic (exact) mass is 289 g/mol. The van der Waals surface area contributed by atoms with Gasteiger partial charge in [-0.3, -0.25) is 4.79 Å². The van der Waals surface area contributed by atoms with Gasteiger partial charge in [-0.05, 0) is 41.6 Å². The molecule has 66 valence electrons. The minimum absolute atomic E-state index is 0.0883. The van der Waals surface area contributed by atoms with Crippen LogP contribution in [-0.2, 0) is 0 Å². The summed E-state index contributed by atoms with van der Waals surface area (Å²) < 4.78 is 13.3. The van der Waals surface area contributed by atoms with Gasteiger partial charge in [-0.1, -0.05) is 0 Å². The van der Waals surface area contributed by atoms with Crippen molar-refractivity contribution in [2.75, 3.05) is 0 Å². The molecule has 0 N–H and O–H groups in total. The van der Waals surface area contributed by atoms with E-state index in [9.17, 15) is 9.18 Å². The second kappa shape index (κ2) is 3.83. The van der Waals surface area contributed by atoms with Gasteiger partial charge in [-0.2, -0.15) is 5.26 Å². The first-order valence-electron chi connectivity index (χ1n) is 3.46. The van der Waals surface area contributed by atoms with Gasteiger partial charge >= 0.3 is 0 Å². The zero-order valence-electron chi connectivity index (χ0n) is 6.77. The Balaban J connectivity index is 3.44. The first-order valence-corrected chi connectivity index (χ1v) is 4.54. The molecule has 0 unspecified atom stereocenters. The quantitative estimate of drug-likeness (QED) is 0.588. The summed E-state index contributed by atoms with van der Waals surface area (Å²) in [5, 5.41) is 8.61. The van der Waals surface area contributed by atoms with E-state index in [4.69, 9.17) is 5.26 Å². The number of rotatable bonds is 1. The van der Waals surface area contributed by atoms with Gasteiger partial charge in [-0.25, -0.2) is 4.39 Å². The van der Waals surface area contributed by atoms with Crippen molar-refractivity contribution in [2.45, 2.75) is 6.92 Å². The molecule has 0 atom stereocenters. The molecule has 0 aliphatic rings. The number of nitrogens with zero attached hydrogens (tertiary/aromatic N) is 1. The van der Waals surface area contributed by atoms with Crippen molar-refractivity contribution < 1.29 is 9.18 Å². The molecule has 0 amide bonds. The number of carbonyl (C=O) groups is 1. The highest BCUT2D eigenvalue weighted by molar-refractivity contribution is 14.1. The second-order valence-electron chi connectivity index (χ2n) is 2.48. The molecule has 0 bridgehead atoms. The smallest absolute Gasteiger partial charge is 0.161 e. The van der Waals surface area contributed by atoms with Crippen LogP contribution in [0.25, 0.3) is 0 Å². The zero-order valence-corrected chi connectivity index (χ0v) is 8.92. The third-order valence-corrected chi connectivity index (χ3v) is 2.39. The minimum atomic E-state index is -0.470. The van der Waals surface area contributed by atoms with E-state index in [-0.39, 0.29) is 16.9 Å². The maximum absolute atomic E-state index is 12.9. The first-order chi connectivity index (χ1) is 6.06. The van der Waals surface area contributed by atoms with E-state index in [0.717, 1.165) is 6.07 Å². The predicted octanol–water partition coefficient (Wildman–Crippen LogP) is 2.50. The van der Waals surface area contributed by atoms with E-state index in [1.165, 1.54) is 13.0 Å². The van der Waals surface area contributed by atoms with Gasteiger partial charge in [0.05, 0.1) is 11.6 Å². The Labute approximate surface area is 88.5 Å². The molecule has 1 aromatic carbocycles. The summed E-state index contributed by atoms with van der Waals surface area (Å²) in [5.74, 6) is -0.698. The van der Waals surface area contributed by atoms with Gasteiger partial charge in [0.15, 0.2) is 5.78 Å². The topological polar surface area (TPSA) is 40.9 Å². The van der Waals surface area contributed by atoms with Crippen LogP contribution in [-0.4, -0.2) is 5.78 Å². The average Bonchev–Trinajstić information content (AvgIpc) is 2.08. The Morgan fingerprint density at radius 1 is 1.62 bits per heavy atom. The van der Waals surface area contributed by atoms with E-state index < -0.39 is 5.82 Å². The Morgan fingerprint density at radius 3 is 2.69 bits per heavy atom. The lowest BCUT2D eigenvalue weighted by atomic mass is 10.1. The predicted molar refractivity (Wildman–Crippen MR) is 53.8 cm³/mol. The third-order valence-electron chi connectivity index (χ3n) is 1.56. The Kier molecular flexibility index (Phi) is 2.98. The van der Waals surface area contributed by atoms with Crippen molar-refractivity contribution >= 4 is 28.4 Å². The number of benzene rings is 1. The normalized spacial score (nSPS) is 9.38. The van der Waals surface area contributed by atoms with Gasteiger partial charge in [0.1, 0.15) is 5.82 Å². The Bertz CT molecular complexity index is 409. The maximum Gasteiger partial charge on any atom is 0.161 e. The van der Waals surface area contributed by atoms with Gasteiger partial charge in [0.2, 0.25) is 0 Å². The van der Waals surface area contributed by atoms with Gasteiger partial charge < -0.3 is 0 Å². The van der Waals surface area contributed by atoms with Gasteiger partial charge in [0.25, 0.3) is 0 Å². The van der Waals surface area contributed by atoms with Crippen LogP contribution in [0.1, 0.15) is 22.8 Å². The molecule has 1 rings (SSSR count). The summed E-state index contributed by atoms with van der Waals surface area (Å²) >= 11 is 1.78. The van der Waals surface area contributed by atoms with Crippen LogP contribution in [0.5, 0.6) is 0 Å². The van der Waals surface area contributed by atoms with E-state index in [2.05, 4.69) is 0 Å². The van der Waals surface area contributed by atoms with Crippen LogP contribution < -0.4 is 0 Å². The molecule has 0 aliphatic carbocycles. The fourth-order valence-corrected chi connectivity index (χ4v) is 1.40. The van der Waals surface area contributed by atoms with Gasteiger partial charge in [0, 0.05) is 9.13 Å². The summed E-state index contributed by atoms with van der Waals surface area (Å²) in [6, 6.07) is 4.25. The minimum Gasteiger partial charge on any atom is -0.294 e. The third kappa shape index (κ3) is 2.04. The molecule has 13 heavy (non-hydrogen) atoms. The summed E-state index contributed by atoms with van der Waals surface area (Å²) in [5.41, 5.74) is 0.360. The number of carbonyl (C=O) groups excluding carboxylic acids is 1. The first kappa shape index (κ1) is 10.1. The van der Waals surface area contributed by atoms with E-state index in [0.29, 0.717) is 3.57 Å². The standard InChI is InChI=1S/C9H5FINO/c1-5(13)7-3-9(11)8(10)2-6(7)4-12/h2-3H,1H3. The number of hydrogen-bond acceptors (Lipinski definition) is 2. The molecule has 2 nitrogen and oxygen atoms in total. The van der Waals surface area contributed by atoms with Gasteiger partial charge in [-0.15, -0.1) is 0 Å². The van der Waals surface area contributed by atoms with Crippen LogP contribution in [0.4, 0.5) is 4.39 Å². The Morgan fingerprint density at radius 2 is 2.23 bits per heavy atom. The molecule has 0 fully saturated rings. The maximum atomic E-state index is 12.9. The molecule has 0 spiro atoms. The van der Waals surface area contributed by atoms with Crippen molar-refractivity contribution in [1.29, 1.82) is 5.26 Å². The van der Waals surface area contributed by atoms with E-state index in [1.807, 2.05) is 0 Å². The zero-order chi connectivity index (χ0) is 10.0. The van der Waals surface area contributed by atoms with E-state index in [1.54, 1.807) is 28.7 Å². The van der Waals surface area contributed by atoms with Crippen LogP contribution in [0, 0.1) is 20.7 Å². The number of halogens is 2. The summed E-state index contributed by atoms with van der Waals surface area (Å²) in [6.07, 6.45) is 0. The lowest BCUT2D eigenvalue weighted by Crippen LogP contribution is -1.99. The van der Waals surface area contributed by atoms with E-state index >= 15 is 0 Å². The molecule has 0 aliphatic heterocycles. The molecule has 0 radical (unpaired) electrons. The highest BCUT2D eigenvalue weighted by atomic mass is 127. The Hall–Kier alpha value is -0.960. The summed E-state index contributed by atoms with van der Waals surface area (Å²) in [4.78, 5) is 11.0. The highest BCUT2D eigenvalue weighted by Gasteiger charge is 2.10. The van der Waals surface area contributed by atoms with Crippen LogP contribution in [0.2, 0.25) is 0 Å². The van der Waals surface area contributed by atoms with Crippen molar-refractivity contribution in [3.8, 4) is 6.07 Å². The summed E-state index contributed by atoms with van der Waals surface area (Å²) in [7, 11) is 0. The summed E-state index contributed by atoms with van der Waals surface area (Å²) in [6.45, 7) is 1.35. The van der Waals surface area contributed by atoms with Crippen LogP contribution in [0.15, 0.2) is 12.1 Å². The average molecular weight is 289 g/mol. The fraction of sp³-hybridized carbons (Fsp3) is 0.111. The molecule has 0 aromatic heterocycles. The number of ketones is 1. The number of Topliss-reactive ketones (excluding diaryl/α,β-unsaturated/α-hetero) is 1. The highest BCUT2D eigenvalue weighted by Crippen LogP contribution is 2.17. The van der Waals surface area contributed by atoms with Crippen molar-refractivity contribution in [1.82, 2.24) is 0 Å². The van der Waals surface area contributed by atoms with Crippen molar-refractivity contribution in [2.24, 2.45) is 0 Å². The molecule has 0 saturated heterocycles. The molecular weight excluding hydrogens is 284 g/mol. The lowest BCUT2D eigenvalue weighted by Gasteiger charge is -2.00. The number of hydrogen-bond donors (Lipinski definition) is 0. The molecule has 0 heterocycles. The van der Waals surface area contributed by atoms with Crippen LogP contribution in [0.3, 0.4) is 0 Å². The lowest BCUT2D eigenvalue weighted by molar-refractivity contribution is 0.101. The molecule has 1 aromatic rings. The SMILES string of the molecule is CC(=O)c1cc(I)c(F)cc1C#N. The van der Waals surface area contributed by atoms with Crippen molar-refractivity contribution in [3.63, 3.8) is 0 Å². The largest absolute Gasteiger partial charge is 0.294 e. The van der Waals surface area contributed by atoms with Crippen molar-refractivity contribution in [3.05, 3.63) is 32.6 Å². The molecule has 4 heteroatoms. The number of nitriles is 1. The van der Waals surface area contributed by atoms with Crippen LogP contribution >= 0.6 is 22.6 Å². The molecule has 0 saturated carbocycles.